The van der Waals surface area contributed by atoms with E-state index in [-0.39, 0.29) is 25.7 Å². The van der Waals surface area contributed by atoms with Crippen molar-refractivity contribution in [3.05, 3.63) is 85.1 Å². The summed E-state index contributed by atoms with van der Waals surface area (Å²) in [7, 11) is -9.96. The zero-order valence-corrected chi connectivity index (χ0v) is 65.2. The van der Waals surface area contributed by atoms with Crippen molar-refractivity contribution in [2.24, 2.45) is 0 Å². The molecular formula is C81H144O17P2. The second kappa shape index (κ2) is 73.5. The van der Waals surface area contributed by atoms with Gasteiger partial charge < -0.3 is 33.8 Å². The largest absolute Gasteiger partial charge is 0.472 e. The van der Waals surface area contributed by atoms with Crippen molar-refractivity contribution in [2.75, 3.05) is 39.6 Å². The van der Waals surface area contributed by atoms with E-state index >= 15 is 0 Å². The number of rotatable bonds is 75. The molecule has 0 amide bonds. The highest BCUT2D eigenvalue weighted by molar-refractivity contribution is 7.47. The Hall–Kier alpha value is -3.76. The molecule has 0 aliphatic carbocycles. The number of ether oxygens (including phenoxy) is 4. The standard InChI is InChI=1S/C81H144O17P2/c1-5-9-13-17-21-25-29-33-37-41-45-49-53-57-61-65-78(83)91-71-76(97-80(85)67-63-59-55-51-47-43-39-35-31-27-23-19-15-11-7-3)73-95-99(87,88)93-69-75(82)70-94-100(89,90)96-74-77(98-81(86)68-64-60-56-52-48-44-40-36-32-28-24-20-16-12-8-4)72-92-79(84)66-62-58-54-50-46-42-38-34-30-26-22-18-14-10-6-2/h21-23,25-27,33-40,75-77,82H,5-20,24,28-32,41-74H2,1-4H3,(H,87,88)(H,89,90)/b25-21-,26-22-,27-23-,37-33-,38-34-,39-35-,40-36-. The number of phosphoric acid groups is 2. The average Bonchev–Trinajstić information content (AvgIpc) is 1.01. The highest BCUT2D eigenvalue weighted by atomic mass is 31.2. The molecule has 580 valence electrons. The van der Waals surface area contributed by atoms with Crippen LogP contribution in [0, 0.1) is 0 Å². The summed E-state index contributed by atoms with van der Waals surface area (Å²) in [5, 5.41) is 10.6. The molecule has 0 saturated carbocycles. The Kier molecular flexibility index (Phi) is 70.8. The van der Waals surface area contributed by atoms with Crippen molar-refractivity contribution in [3.8, 4) is 0 Å². The summed E-state index contributed by atoms with van der Waals surface area (Å²) < 4.78 is 68.6. The van der Waals surface area contributed by atoms with Gasteiger partial charge in [-0.2, -0.15) is 0 Å². The van der Waals surface area contributed by atoms with Crippen LogP contribution in [0.1, 0.15) is 349 Å². The molecule has 0 saturated heterocycles. The fourth-order valence-corrected chi connectivity index (χ4v) is 12.2. The summed E-state index contributed by atoms with van der Waals surface area (Å²) in [5.41, 5.74) is 0. The van der Waals surface area contributed by atoms with Crippen molar-refractivity contribution in [1.82, 2.24) is 0 Å². The van der Waals surface area contributed by atoms with Crippen LogP contribution in [-0.4, -0.2) is 96.7 Å². The number of aliphatic hydroxyl groups is 1. The lowest BCUT2D eigenvalue weighted by Gasteiger charge is -2.21. The fraction of sp³-hybridized carbons (Fsp3) is 0.778. The van der Waals surface area contributed by atoms with Crippen LogP contribution in [0.2, 0.25) is 0 Å². The van der Waals surface area contributed by atoms with E-state index in [1.165, 1.54) is 96.3 Å². The van der Waals surface area contributed by atoms with Gasteiger partial charge in [-0.1, -0.05) is 260 Å². The van der Waals surface area contributed by atoms with Crippen LogP contribution in [0.15, 0.2) is 85.1 Å². The zero-order chi connectivity index (χ0) is 73.2. The van der Waals surface area contributed by atoms with Crippen LogP contribution in [-0.2, 0) is 65.4 Å². The molecular weight excluding hydrogens is 1310 g/mol. The Labute approximate surface area is 608 Å². The molecule has 0 bridgehead atoms. The second-order valence-electron chi connectivity index (χ2n) is 26.6. The molecule has 3 N–H and O–H groups in total. The number of hydrogen-bond donors (Lipinski definition) is 3. The first-order valence-electron chi connectivity index (χ1n) is 39.8. The summed E-state index contributed by atoms with van der Waals surface area (Å²) in [6.07, 6.45) is 75.5. The predicted molar refractivity (Wildman–Crippen MR) is 409 cm³/mol. The second-order valence-corrected chi connectivity index (χ2v) is 29.5. The Bertz CT molecular complexity index is 2230. The molecule has 0 fully saturated rings. The van der Waals surface area contributed by atoms with Gasteiger partial charge in [0.1, 0.15) is 19.3 Å². The van der Waals surface area contributed by atoms with Gasteiger partial charge >= 0.3 is 39.5 Å². The highest BCUT2D eigenvalue weighted by Gasteiger charge is 2.30. The number of allylic oxidation sites excluding steroid dienone is 14. The van der Waals surface area contributed by atoms with Crippen LogP contribution in [0.5, 0.6) is 0 Å². The first-order valence-corrected chi connectivity index (χ1v) is 42.8. The quantitative estimate of drug-likeness (QED) is 0.0169. The lowest BCUT2D eigenvalue weighted by atomic mass is 10.1. The van der Waals surface area contributed by atoms with Crippen molar-refractivity contribution in [2.45, 2.75) is 367 Å². The molecule has 19 heteroatoms. The smallest absolute Gasteiger partial charge is 0.462 e. The van der Waals surface area contributed by atoms with Crippen molar-refractivity contribution in [3.63, 3.8) is 0 Å². The Morgan fingerprint density at radius 3 is 0.770 bits per heavy atom. The molecule has 0 heterocycles. The van der Waals surface area contributed by atoms with Gasteiger partial charge in [0.05, 0.1) is 26.4 Å². The lowest BCUT2D eigenvalue weighted by Crippen LogP contribution is -2.30. The highest BCUT2D eigenvalue weighted by Crippen LogP contribution is 2.45. The van der Waals surface area contributed by atoms with Crippen LogP contribution in [0.4, 0.5) is 0 Å². The van der Waals surface area contributed by atoms with Crippen LogP contribution < -0.4 is 0 Å². The fourth-order valence-electron chi connectivity index (χ4n) is 10.7. The first kappa shape index (κ1) is 96.2. The molecule has 0 aromatic rings. The van der Waals surface area contributed by atoms with Gasteiger partial charge in [-0.15, -0.1) is 0 Å². The average molecular weight is 1450 g/mol. The van der Waals surface area contributed by atoms with Crippen molar-refractivity contribution < 1.29 is 80.2 Å². The third-order valence-electron chi connectivity index (χ3n) is 16.8. The van der Waals surface area contributed by atoms with Crippen LogP contribution in [0.3, 0.4) is 0 Å². The van der Waals surface area contributed by atoms with Crippen LogP contribution >= 0.6 is 15.6 Å². The first-order chi connectivity index (χ1) is 48.7. The zero-order valence-electron chi connectivity index (χ0n) is 63.4. The normalized spacial score (nSPS) is 14.3. The van der Waals surface area contributed by atoms with E-state index in [1.54, 1.807) is 0 Å². The number of carbonyl (C=O) groups is 4. The molecule has 0 aromatic heterocycles. The van der Waals surface area contributed by atoms with E-state index in [9.17, 15) is 43.2 Å². The van der Waals surface area contributed by atoms with E-state index in [4.69, 9.17) is 37.0 Å². The molecule has 5 atom stereocenters. The maximum atomic E-state index is 13.1. The van der Waals surface area contributed by atoms with Gasteiger partial charge in [-0.25, -0.2) is 9.13 Å². The maximum absolute atomic E-state index is 13.1. The number of carbonyl (C=O) groups excluding carboxylic acids is 4. The van der Waals surface area contributed by atoms with E-state index in [2.05, 4.69) is 113 Å². The Morgan fingerprint density at radius 1 is 0.280 bits per heavy atom. The lowest BCUT2D eigenvalue weighted by molar-refractivity contribution is -0.161. The van der Waals surface area contributed by atoms with E-state index in [0.29, 0.717) is 25.7 Å². The molecule has 0 aliphatic rings. The van der Waals surface area contributed by atoms with Gasteiger partial charge in [0.25, 0.3) is 0 Å². The van der Waals surface area contributed by atoms with Gasteiger partial charge in [-0.3, -0.25) is 37.3 Å². The number of hydrogen-bond acceptors (Lipinski definition) is 15. The topological polar surface area (TPSA) is 237 Å². The molecule has 0 spiro atoms. The third kappa shape index (κ3) is 72.6. The minimum atomic E-state index is -4.98. The van der Waals surface area contributed by atoms with E-state index in [0.717, 1.165) is 173 Å². The number of aliphatic hydroxyl groups excluding tert-OH is 1. The summed E-state index contributed by atoms with van der Waals surface area (Å²) in [6.45, 7) is 4.78. The molecule has 0 radical (unpaired) electrons. The Morgan fingerprint density at radius 2 is 0.490 bits per heavy atom. The maximum Gasteiger partial charge on any atom is 0.472 e. The van der Waals surface area contributed by atoms with Crippen molar-refractivity contribution in [1.29, 1.82) is 0 Å². The summed E-state index contributed by atoms with van der Waals surface area (Å²) in [4.78, 5) is 73.0. The number of esters is 4. The molecule has 0 aromatic carbocycles. The molecule has 0 aliphatic heterocycles. The van der Waals surface area contributed by atoms with E-state index in [1.807, 2.05) is 0 Å². The molecule has 17 nitrogen and oxygen atoms in total. The summed E-state index contributed by atoms with van der Waals surface area (Å²) in [5.74, 6) is -2.21. The molecule has 5 unspecified atom stereocenters. The van der Waals surface area contributed by atoms with Gasteiger partial charge in [0.15, 0.2) is 12.2 Å². The number of unbranched alkanes of at least 4 members (excludes halogenated alkanes) is 35. The molecule has 0 rings (SSSR count). The molecule has 100 heavy (non-hydrogen) atoms. The Balaban J connectivity index is 5.38. The van der Waals surface area contributed by atoms with Crippen LogP contribution in [0.25, 0.3) is 0 Å². The van der Waals surface area contributed by atoms with Gasteiger partial charge in [-0.05, 0) is 148 Å². The predicted octanol–water partition coefficient (Wildman–Crippen LogP) is 23.0. The van der Waals surface area contributed by atoms with Crippen molar-refractivity contribution >= 4 is 39.5 Å². The third-order valence-corrected chi connectivity index (χ3v) is 18.7. The monoisotopic (exact) mass is 1450 g/mol. The van der Waals surface area contributed by atoms with E-state index < -0.39 is 97.5 Å². The van der Waals surface area contributed by atoms with Gasteiger partial charge in [0, 0.05) is 25.7 Å². The minimum absolute atomic E-state index is 0.0768. The van der Waals surface area contributed by atoms with Gasteiger partial charge in [0.2, 0.25) is 0 Å². The summed E-state index contributed by atoms with van der Waals surface area (Å²) >= 11 is 0. The number of phosphoric ester groups is 2. The minimum Gasteiger partial charge on any atom is -0.462 e. The summed E-state index contributed by atoms with van der Waals surface area (Å²) in [6, 6.07) is 0. The SMILES string of the molecule is CCCCC/C=C\C/C=C\CCCCCCCC(=O)OCC(COP(=O)(O)OCC(O)COP(=O)(O)OCC(COC(=O)CCCCCCC/C=C\C/C=C\CCCCC)OC(=O)CCCCCCC/C=C\CCCCCCCC)OC(=O)CCCCCCC/C=C\C/C=C\CCCCC.